The highest BCUT2D eigenvalue weighted by atomic mass is 35.5. The Morgan fingerprint density at radius 1 is 1.24 bits per heavy atom. The Bertz CT molecular complexity index is 673. The van der Waals surface area contributed by atoms with Gasteiger partial charge in [0.05, 0.1) is 0 Å². The van der Waals surface area contributed by atoms with Crippen molar-refractivity contribution in [2.45, 2.75) is 83.2 Å². The van der Waals surface area contributed by atoms with Gasteiger partial charge in [0.1, 0.15) is 5.54 Å². The molecule has 2 amide bonds. The Morgan fingerprint density at radius 2 is 1.97 bits per heavy atom. The van der Waals surface area contributed by atoms with Gasteiger partial charge in [-0.3, -0.25) is 9.59 Å². The lowest BCUT2D eigenvalue weighted by atomic mass is 9.89. The lowest BCUT2D eigenvalue weighted by Crippen LogP contribution is -2.48. The highest BCUT2D eigenvalue weighted by Crippen LogP contribution is 2.34. The summed E-state index contributed by atoms with van der Waals surface area (Å²) in [5.74, 6) is 1.37. The van der Waals surface area contributed by atoms with Crippen LogP contribution in [0.2, 0.25) is 0 Å². The second-order valence-electron chi connectivity index (χ2n) is 8.33. The molecule has 2 aliphatic rings. The Kier molecular flexibility index (Phi) is 8.89. The summed E-state index contributed by atoms with van der Waals surface area (Å²) in [6, 6.07) is 0.223. The number of amides is 2. The van der Waals surface area contributed by atoms with Gasteiger partial charge >= 0.3 is 0 Å². The molecule has 1 saturated heterocycles. The molecule has 1 aliphatic heterocycles. The molecule has 1 aromatic rings. The first-order valence-corrected chi connectivity index (χ1v) is 10.6. The number of carbonyl (C=O) groups excluding carboxylic acids is 2. The fraction of sp³-hybridized carbons (Fsp3) is 0.800. The van der Waals surface area contributed by atoms with Crippen molar-refractivity contribution >= 4 is 24.2 Å². The molecular formula is C20H34ClN5O3. The topological polar surface area (TPSA) is 109 Å². The van der Waals surface area contributed by atoms with Crippen molar-refractivity contribution in [3.05, 3.63) is 11.7 Å². The van der Waals surface area contributed by atoms with Crippen LogP contribution in [0.4, 0.5) is 0 Å². The third kappa shape index (κ3) is 6.40. The summed E-state index contributed by atoms with van der Waals surface area (Å²) >= 11 is 0. The van der Waals surface area contributed by atoms with E-state index in [0.29, 0.717) is 30.5 Å². The van der Waals surface area contributed by atoms with Crippen molar-refractivity contribution < 1.29 is 14.1 Å². The first kappa shape index (κ1) is 23.6. The van der Waals surface area contributed by atoms with E-state index in [0.717, 1.165) is 58.0 Å². The minimum Gasteiger partial charge on any atom is -0.353 e. The van der Waals surface area contributed by atoms with Gasteiger partial charge in [-0.05, 0) is 38.3 Å². The Labute approximate surface area is 178 Å². The van der Waals surface area contributed by atoms with Gasteiger partial charge < -0.3 is 20.5 Å². The molecule has 2 atom stereocenters. The summed E-state index contributed by atoms with van der Waals surface area (Å²) in [5.41, 5.74) is -0.545. The second-order valence-corrected chi connectivity index (χ2v) is 8.33. The predicted octanol–water partition coefficient (Wildman–Crippen LogP) is 2.22. The van der Waals surface area contributed by atoms with Crippen molar-refractivity contribution in [1.29, 1.82) is 0 Å². The van der Waals surface area contributed by atoms with E-state index < -0.39 is 5.54 Å². The van der Waals surface area contributed by atoms with Crippen LogP contribution in [0.3, 0.4) is 0 Å². The van der Waals surface area contributed by atoms with Gasteiger partial charge in [-0.15, -0.1) is 12.4 Å². The van der Waals surface area contributed by atoms with Gasteiger partial charge in [-0.2, -0.15) is 4.98 Å². The number of aryl methyl sites for hydroxylation is 1. The summed E-state index contributed by atoms with van der Waals surface area (Å²) in [5, 5.41) is 13.7. The van der Waals surface area contributed by atoms with Crippen molar-refractivity contribution in [1.82, 2.24) is 26.1 Å². The lowest BCUT2D eigenvalue weighted by Gasteiger charge is -2.30. The first-order chi connectivity index (χ1) is 13.5. The zero-order valence-corrected chi connectivity index (χ0v) is 18.3. The molecule has 8 nitrogen and oxygen atoms in total. The molecule has 3 N–H and O–H groups in total. The SMILES string of the molecule is CC(=O)NC1(c2noc(CCC(=O)NC3CCNCC3C)n2)CCCCCC1.Cl. The molecule has 3 rings (SSSR count). The van der Waals surface area contributed by atoms with Crippen LogP contribution in [0.15, 0.2) is 4.52 Å². The molecule has 164 valence electrons. The van der Waals surface area contributed by atoms with Gasteiger partial charge in [0.2, 0.25) is 17.7 Å². The van der Waals surface area contributed by atoms with E-state index in [-0.39, 0.29) is 30.3 Å². The lowest BCUT2D eigenvalue weighted by molar-refractivity contribution is -0.122. The third-order valence-electron chi connectivity index (χ3n) is 5.97. The van der Waals surface area contributed by atoms with Gasteiger partial charge in [0.15, 0.2) is 5.82 Å². The molecule has 1 saturated carbocycles. The van der Waals surface area contributed by atoms with Crippen LogP contribution in [-0.4, -0.2) is 41.1 Å². The largest absolute Gasteiger partial charge is 0.353 e. The molecule has 2 unspecified atom stereocenters. The van der Waals surface area contributed by atoms with Crippen LogP contribution < -0.4 is 16.0 Å². The second kappa shape index (κ2) is 10.9. The Morgan fingerprint density at radius 3 is 2.62 bits per heavy atom. The van der Waals surface area contributed by atoms with Gasteiger partial charge in [-0.25, -0.2) is 0 Å². The van der Waals surface area contributed by atoms with E-state index in [9.17, 15) is 9.59 Å². The summed E-state index contributed by atoms with van der Waals surface area (Å²) in [6.45, 7) is 5.55. The van der Waals surface area contributed by atoms with Crippen LogP contribution in [0.5, 0.6) is 0 Å². The quantitative estimate of drug-likeness (QED) is 0.600. The molecule has 29 heavy (non-hydrogen) atoms. The monoisotopic (exact) mass is 427 g/mol. The summed E-state index contributed by atoms with van der Waals surface area (Å²) in [4.78, 5) is 28.7. The van der Waals surface area contributed by atoms with E-state index in [2.05, 4.69) is 33.0 Å². The standard InChI is InChI=1S/C20H33N5O3.ClH/c1-14-13-21-12-9-16(14)22-17(27)7-8-18-23-19(25-28-18)20(24-15(2)26)10-5-3-4-6-11-20;/h14,16,21H,3-13H2,1-2H3,(H,22,27)(H,24,26);1H. The molecule has 0 bridgehead atoms. The average Bonchev–Trinajstić information content (AvgIpc) is 3.02. The van der Waals surface area contributed by atoms with Crippen molar-refractivity contribution in [2.24, 2.45) is 5.92 Å². The van der Waals surface area contributed by atoms with Gasteiger partial charge in [0.25, 0.3) is 0 Å². The van der Waals surface area contributed by atoms with Crippen molar-refractivity contribution in [3.63, 3.8) is 0 Å². The molecule has 1 aliphatic carbocycles. The Balaban J connectivity index is 0.00000300. The molecule has 9 heteroatoms. The maximum absolute atomic E-state index is 12.3. The number of rotatable bonds is 6. The van der Waals surface area contributed by atoms with E-state index in [1.54, 1.807) is 0 Å². The van der Waals surface area contributed by atoms with Crippen LogP contribution in [0.1, 0.15) is 76.9 Å². The summed E-state index contributed by atoms with van der Waals surface area (Å²) in [6.07, 6.45) is 7.69. The number of piperidine rings is 1. The van der Waals surface area contributed by atoms with E-state index >= 15 is 0 Å². The molecule has 0 spiro atoms. The van der Waals surface area contributed by atoms with E-state index in [1.165, 1.54) is 6.92 Å². The van der Waals surface area contributed by atoms with Crippen LogP contribution in [0, 0.1) is 5.92 Å². The summed E-state index contributed by atoms with van der Waals surface area (Å²) < 4.78 is 5.42. The van der Waals surface area contributed by atoms with Crippen LogP contribution in [-0.2, 0) is 21.5 Å². The average molecular weight is 428 g/mol. The predicted molar refractivity (Wildman–Crippen MR) is 112 cm³/mol. The number of aromatic nitrogens is 2. The van der Waals surface area contributed by atoms with Gasteiger partial charge in [0, 0.05) is 25.8 Å². The Hall–Kier alpha value is -1.67. The number of nitrogens with zero attached hydrogens (tertiary/aromatic N) is 2. The highest BCUT2D eigenvalue weighted by molar-refractivity contribution is 5.85. The van der Waals surface area contributed by atoms with Crippen molar-refractivity contribution in [3.8, 4) is 0 Å². The smallest absolute Gasteiger partial charge is 0.227 e. The molecule has 0 radical (unpaired) electrons. The molecule has 2 heterocycles. The zero-order valence-electron chi connectivity index (χ0n) is 17.5. The third-order valence-corrected chi connectivity index (χ3v) is 5.97. The molecule has 0 aromatic carbocycles. The number of hydrogen-bond donors (Lipinski definition) is 3. The molecule has 2 fully saturated rings. The molecular weight excluding hydrogens is 394 g/mol. The fourth-order valence-electron chi connectivity index (χ4n) is 4.35. The van der Waals surface area contributed by atoms with Crippen LogP contribution >= 0.6 is 12.4 Å². The number of carbonyl (C=O) groups is 2. The van der Waals surface area contributed by atoms with Gasteiger partial charge in [-0.1, -0.05) is 37.8 Å². The maximum Gasteiger partial charge on any atom is 0.227 e. The van der Waals surface area contributed by atoms with E-state index in [4.69, 9.17) is 4.52 Å². The normalized spacial score (nSPS) is 24.1. The number of hydrogen-bond acceptors (Lipinski definition) is 6. The first-order valence-electron chi connectivity index (χ1n) is 10.6. The van der Waals surface area contributed by atoms with Crippen LogP contribution in [0.25, 0.3) is 0 Å². The number of nitrogens with one attached hydrogen (secondary N) is 3. The molecule has 1 aromatic heterocycles. The number of halogens is 1. The fourth-order valence-corrected chi connectivity index (χ4v) is 4.35. The summed E-state index contributed by atoms with van der Waals surface area (Å²) in [7, 11) is 0. The maximum atomic E-state index is 12.3. The minimum absolute atomic E-state index is 0. The highest BCUT2D eigenvalue weighted by Gasteiger charge is 2.38. The van der Waals surface area contributed by atoms with Crippen molar-refractivity contribution in [2.75, 3.05) is 13.1 Å². The zero-order chi connectivity index (χ0) is 20.0. The van der Waals surface area contributed by atoms with E-state index in [1.807, 2.05) is 0 Å². The minimum atomic E-state index is -0.545.